The lowest BCUT2D eigenvalue weighted by molar-refractivity contribution is -0.124. The summed E-state index contributed by atoms with van der Waals surface area (Å²) >= 11 is 9.39. The highest BCUT2D eigenvalue weighted by atomic mass is 79.9. The number of carbonyl (C=O) groups excluding carboxylic acids is 1. The Bertz CT molecular complexity index is 627. The zero-order valence-corrected chi connectivity index (χ0v) is 15.1. The number of hydrogen-bond acceptors (Lipinski definition) is 3. The Balaban J connectivity index is 1.77. The molecule has 0 aliphatic rings. The van der Waals surface area contributed by atoms with E-state index in [9.17, 15) is 4.79 Å². The third-order valence-electron chi connectivity index (χ3n) is 3.38. The van der Waals surface area contributed by atoms with Crippen LogP contribution < -0.4 is 5.32 Å². The number of aryl methyl sites for hydroxylation is 3. The van der Waals surface area contributed by atoms with Crippen LogP contribution in [0.5, 0.6) is 0 Å². The van der Waals surface area contributed by atoms with E-state index in [1.807, 2.05) is 24.7 Å². The molecule has 0 spiro atoms. The van der Waals surface area contributed by atoms with Crippen LogP contribution in [0.4, 0.5) is 0 Å². The molecular weight excluding hydrogens is 370 g/mol. The summed E-state index contributed by atoms with van der Waals surface area (Å²) in [6.07, 6.45) is 4.42. The number of nitrogens with zero attached hydrogens (tertiary/aromatic N) is 4. The van der Waals surface area contributed by atoms with Gasteiger partial charge in [-0.3, -0.25) is 14.2 Å². The largest absolute Gasteiger partial charge is 0.354 e. The van der Waals surface area contributed by atoms with Crippen molar-refractivity contribution in [2.45, 2.75) is 39.8 Å². The quantitative estimate of drug-likeness (QED) is 0.774. The summed E-state index contributed by atoms with van der Waals surface area (Å²) in [5.74, 6) is -0.0722. The Kier molecular flexibility index (Phi) is 5.63. The summed E-state index contributed by atoms with van der Waals surface area (Å²) in [6.45, 7) is 6.91. The van der Waals surface area contributed by atoms with Crippen molar-refractivity contribution >= 4 is 33.4 Å². The van der Waals surface area contributed by atoms with Crippen molar-refractivity contribution < 1.29 is 4.79 Å². The summed E-state index contributed by atoms with van der Waals surface area (Å²) in [5, 5.41) is 12.0. The van der Waals surface area contributed by atoms with Gasteiger partial charge in [0, 0.05) is 25.5 Å². The van der Waals surface area contributed by atoms with Crippen LogP contribution in [0.3, 0.4) is 0 Å². The van der Waals surface area contributed by atoms with E-state index in [4.69, 9.17) is 11.6 Å². The first-order valence-electron chi connectivity index (χ1n) is 7.07. The molecule has 0 aliphatic heterocycles. The molecule has 120 valence electrons. The van der Waals surface area contributed by atoms with Gasteiger partial charge in [-0.2, -0.15) is 10.2 Å². The van der Waals surface area contributed by atoms with Gasteiger partial charge in [-0.1, -0.05) is 11.6 Å². The van der Waals surface area contributed by atoms with Gasteiger partial charge in [0.2, 0.25) is 5.91 Å². The van der Waals surface area contributed by atoms with Gasteiger partial charge in [0.1, 0.15) is 6.04 Å². The topological polar surface area (TPSA) is 64.7 Å². The lowest BCUT2D eigenvalue weighted by Crippen LogP contribution is -2.32. The van der Waals surface area contributed by atoms with Gasteiger partial charge in [0.25, 0.3) is 0 Å². The zero-order chi connectivity index (χ0) is 16.3. The molecule has 1 amide bonds. The van der Waals surface area contributed by atoms with Gasteiger partial charge in [-0.05, 0) is 43.1 Å². The molecule has 0 saturated carbocycles. The first kappa shape index (κ1) is 17.0. The summed E-state index contributed by atoms with van der Waals surface area (Å²) in [4.78, 5) is 12.1. The fourth-order valence-electron chi connectivity index (χ4n) is 1.99. The Labute approximate surface area is 143 Å². The Morgan fingerprint density at radius 1 is 1.36 bits per heavy atom. The van der Waals surface area contributed by atoms with Crippen LogP contribution in [0, 0.1) is 13.8 Å². The van der Waals surface area contributed by atoms with E-state index in [1.54, 1.807) is 17.8 Å². The van der Waals surface area contributed by atoms with Crippen LogP contribution in [0.2, 0.25) is 5.02 Å². The van der Waals surface area contributed by atoms with Crippen molar-refractivity contribution in [1.29, 1.82) is 0 Å². The summed E-state index contributed by atoms with van der Waals surface area (Å²) in [6, 6.07) is -0.382. The highest BCUT2D eigenvalue weighted by molar-refractivity contribution is 9.10. The van der Waals surface area contributed by atoms with Crippen LogP contribution >= 0.6 is 27.5 Å². The van der Waals surface area contributed by atoms with Crippen LogP contribution in [0.25, 0.3) is 0 Å². The molecule has 22 heavy (non-hydrogen) atoms. The monoisotopic (exact) mass is 387 g/mol. The molecule has 0 saturated heterocycles. The maximum atomic E-state index is 12.1. The molecule has 0 radical (unpaired) electrons. The van der Waals surface area contributed by atoms with Gasteiger partial charge >= 0.3 is 0 Å². The maximum Gasteiger partial charge on any atom is 0.244 e. The molecule has 1 unspecified atom stereocenters. The van der Waals surface area contributed by atoms with Gasteiger partial charge in [-0.15, -0.1) is 0 Å². The van der Waals surface area contributed by atoms with E-state index in [1.165, 1.54) is 0 Å². The summed E-state index contributed by atoms with van der Waals surface area (Å²) < 4.78 is 4.45. The number of nitrogens with one attached hydrogen (secondary N) is 1. The first-order valence-corrected chi connectivity index (χ1v) is 8.24. The Morgan fingerprint density at radius 3 is 2.64 bits per heavy atom. The Hall–Kier alpha value is -1.34. The second-order valence-corrected chi connectivity index (χ2v) is 6.45. The SMILES string of the molecule is Cc1nn(C(C)C(=O)NCCCn2cc(Br)c(C)n2)cc1Cl. The van der Waals surface area contributed by atoms with Crippen molar-refractivity contribution in [2.75, 3.05) is 6.54 Å². The number of aromatic nitrogens is 4. The van der Waals surface area contributed by atoms with Crippen LogP contribution in [-0.4, -0.2) is 32.0 Å². The predicted octanol–water partition coefficient (Wildman–Crippen LogP) is 2.88. The molecule has 0 aromatic carbocycles. The number of carbonyl (C=O) groups is 1. The molecule has 2 aromatic heterocycles. The van der Waals surface area contributed by atoms with E-state index in [-0.39, 0.29) is 11.9 Å². The van der Waals surface area contributed by atoms with Crippen LogP contribution in [-0.2, 0) is 11.3 Å². The molecule has 1 N–H and O–H groups in total. The molecule has 2 heterocycles. The van der Waals surface area contributed by atoms with Crippen molar-refractivity contribution in [3.63, 3.8) is 0 Å². The van der Waals surface area contributed by atoms with Gasteiger partial charge in [0.05, 0.1) is 20.9 Å². The van der Waals surface area contributed by atoms with Gasteiger partial charge in [-0.25, -0.2) is 0 Å². The standard InChI is InChI=1S/C14H19BrClN5O/c1-9-12(15)7-20(18-9)6-4-5-17-14(22)11(3)21-8-13(16)10(2)19-21/h7-8,11H,4-6H2,1-3H3,(H,17,22). The summed E-state index contributed by atoms with van der Waals surface area (Å²) in [5.41, 5.74) is 1.68. The van der Waals surface area contributed by atoms with Crippen molar-refractivity contribution in [3.05, 3.63) is 33.3 Å². The van der Waals surface area contributed by atoms with Crippen LogP contribution in [0.15, 0.2) is 16.9 Å². The smallest absolute Gasteiger partial charge is 0.244 e. The van der Waals surface area contributed by atoms with E-state index in [0.29, 0.717) is 11.6 Å². The fraction of sp³-hybridized carbons (Fsp3) is 0.500. The highest BCUT2D eigenvalue weighted by Crippen LogP contribution is 2.16. The van der Waals surface area contributed by atoms with Gasteiger partial charge < -0.3 is 5.32 Å². The van der Waals surface area contributed by atoms with Gasteiger partial charge in [0.15, 0.2) is 0 Å². The minimum Gasteiger partial charge on any atom is -0.354 e. The average Bonchev–Trinajstić information content (AvgIpc) is 2.97. The number of halogens is 2. The Morgan fingerprint density at radius 2 is 2.09 bits per heavy atom. The fourth-order valence-corrected chi connectivity index (χ4v) is 2.44. The molecule has 0 aliphatic carbocycles. The van der Waals surface area contributed by atoms with E-state index >= 15 is 0 Å². The minimum absolute atomic E-state index is 0.0722. The first-order chi connectivity index (χ1) is 10.4. The predicted molar refractivity (Wildman–Crippen MR) is 89.0 cm³/mol. The minimum atomic E-state index is -0.382. The van der Waals surface area contributed by atoms with Crippen molar-refractivity contribution in [2.24, 2.45) is 0 Å². The van der Waals surface area contributed by atoms with E-state index in [0.717, 1.165) is 28.8 Å². The maximum absolute atomic E-state index is 12.1. The third kappa shape index (κ3) is 4.10. The molecule has 2 rings (SSSR count). The molecule has 0 fully saturated rings. The van der Waals surface area contributed by atoms with Crippen LogP contribution in [0.1, 0.15) is 30.8 Å². The molecule has 8 heteroatoms. The lowest BCUT2D eigenvalue weighted by Gasteiger charge is -2.12. The number of amides is 1. The third-order valence-corrected chi connectivity index (χ3v) is 4.53. The molecule has 2 aromatic rings. The van der Waals surface area contributed by atoms with E-state index < -0.39 is 0 Å². The second-order valence-electron chi connectivity index (χ2n) is 5.19. The molecule has 0 bridgehead atoms. The lowest BCUT2D eigenvalue weighted by atomic mass is 10.3. The number of hydrogen-bond donors (Lipinski definition) is 1. The second kappa shape index (κ2) is 7.28. The van der Waals surface area contributed by atoms with E-state index in [2.05, 4.69) is 31.4 Å². The van der Waals surface area contributed by atoms with Crippen molar-refractivity contribution in [1.82, 2.24) is 24.9 Å². The number of rotatable bonds is 6. The highest BCUT2D eigenvalue weighted by Gasteiger charge is 2.16. The normalized spacial score (nSPS) is 12.4. The zero-order valence-electron chi connectivity index (χ0n) is 12.8. The summed E-state index contributed by atoms with van der Waals surface area (Å²) in [7, 11) is 0. The molecular formula is C14H19BrClN5O. The molecule has 1 atom stereocenters. The van der Waals surface area contributed by atoms with Crippen molar-refractivity contribution in [3.8, 4) is 0 Å². The molecule has 6 nitrogen and oxygen atoms in total. The average molecular weight is 389 g/mol.